The van der Waals surface area contributed by atoms with Crippen LogP contribution in [0.1, 0.15) is 28.3 Å². The molecule has 1 atom stereocenters. The average molecular weight is 369 g/mol. The van der Waals surface area contributed by atoms with Crippen LogP contribution < -0.4 is 14.8 Å². The molecule has 0 saturated heterocycles. The first-order valence-electron chi connectivity index (χ1n) is 8.01. The minimum absolute atomic E-state index is 0.242. The maximum Gasteiger partial charge on any atom is 0.255 e. The second-order valence-corrected chi connectivity index (χ2v) is 6.44. The summed E-state index contributed by atoms with van der Waals surface area (Å²) in [5.74, 6) is 0.683. The van der Waals surface area contributed by atoms with Crippen LogP contribution in [0, 0.1) is 0 Å². The summed E-state index contributed by atoms with van der Waals surface area (Å²) in [5, 5.41) is 5.74. The number of hydrogen-bond donors (Lipinski definition) is 1. The number of aromatic nitrogens is 2. The van der Waals surface area contributed by atoms with Gasteiger partial charge in [-0.15, -0.1) is 11.3 Å². The molecule has 1 aromatic carbocycles. The smallest absolute Gasteiger partial charge is 0.255 e. The summed E-state index contributed by atoms with van der Waals surface area (Å²) >= 11 is 1.50. The zero-order chi connectivity index (χ0) is 18.5. The van der Waals surface area contributed by atoms with E-state index in [-0.39, 0.29) is 11.9 Å². The molecule has 26 heavy (non-hydrogen) atoms. The summed E-state index contributed by atoms with van der Waals surface area (Å²) in [6.45, 7) is 1.90. The van der Waals surface area contributed by atoms with Gasteiger partial charge in [0.15, 0.2) is 11.5 Å². The number of carbonyl (C=O) groups excluding carboxylic acids is 1. The molecule has 0 fully saturated rings. The standard InChI is InChI=1S/C19H19N3O3S/c1-12(19-22-15(11-26-19)13-6-5-9-20-10-13)21-18(23)14-7-4-8-16(24-2)17(14)25-3/h4-12H,1-3H3,(H,21,23). The molecule has 2 aromatic heterocycles. The molecule has 1 unspecified atom stereocenters. The van der Waals surface area contributed by atoms with Crippen molar-refractivity contribution in [1.29, 1.82) is 0 Å². The van der Waals surface area contributed by atoms with E-state index in [0.29, 0.717) is 17.1 Å². The minimum atomic E-state index is -0.244. The van der Waals surface area contributed by atoms with Crippen molar-refractivity contribution in [2.45, 2.75) is 13.0 Å². The molecule has 3 aromatic rings. The van der Waals surface area contributed by atoms with Crippen LogP contribution in [0.2, 0.25) is 0 Å². The second kappa shape index (κ2) is 7.97. The van der Waals surface area contributed by atoms with Gasteiger partial charge in [-0.1, -0.05) is 6.07 Å². The number of carbonyl (C=O) groups is 1. The van der Waals surface area contributed by atoms with Gasteiger partial charge in [0, 0.05) is 23.3 Å². The molecule has 0 aliphatic rings. The first-order chi connectivity index (χ1) is 12.6. The van der Waals surface area contributed by atoms with E-state index in [1.165, 1.54) is 25.6 Å². The van der Waals surface area contributed by atoms with Crippen molar-refractivity contribution >= 4 is 17.2 Å². The van der Waals surface area contributed by atoms with E-state index in [1.807, 2.05) is 24.4 Å². The molecule has 0 aliphatic heterocycles. The molecule has 6 nitrogen and oxygen atoms in total. The Kier molecular flexibility index (Phi) is 5.48. The van der Waals surface area contributed by atoms with Crippen molar-refractivity contribution in [3.05, 3.63) is 58.7 Å². The number of hydrogen-bond acceptors (Lipinski definition) is 6. The summed E-state index contributed by atoms with van der Waals surface area (Å²) in [4.78, 5) is 21.4. The highest BCUT2D eigenvalue weighted by Gasteiger charge is 2.20. The lowest BCUT2D eigenvalue weighted by molar-refractivity contribution is 0.0936. The molecule has 0 bridgehead atoms. The minimum Gasteiger partial charge on any atom is -0.493 e. The molecule has 2 heterocycles. The highest BCUT2D eigenvalue weighted by atomic mass is 32.1. The van der Waals surface area contributed by atoms with Gasteiger partial charge >= 0.3 is 0 Å². The lowest BCUT2D eigenvalue weighted by Crippen LogP contribution is -2.27. The van der Waals surface area contributed by atoms with E-state index < -0.39 is 0 Å². The van der Waals surface area contributed by atoms with Gasteiger partial charge in [0.25, 0.3) is 5.91 Å². The van der Waals surface area contributed by atoms with Crippen LogP contribution in [0.5, 0.6) is 11.5 Å². The summed E-state index contributed by atoms with van der Waals surface area (Å²) < 4.78 is 10.6. The Bertz CT molecular complexity index is 896. The Balaban J connectivity index is 1.77. The summed E-state index contributed by atoms with van der Waals surface area (Å²) in [7, 11) is 3.05. The van der Waals surface area contributed by atoms with E-state index in [2.05, 4.69) is 15.3 Å². The molecule has 1 amide bonds. The van der Waals surface area contributed by atoms with Crippen molar-refractivity contribution < 1.29 is 14.3 Å². The van der Waals surface area contributed by atoms with Crippen LogP contribution in [0.3, 0.4) is 0 Å². The molecule has 0 radical (unpaired) electrons. The number of methoxy groups -OCH3 is 2. The third kappa shape index (κ3) is 3.67. The predicted molar refractivity (Wildman–Crippen MR) is 101 cm³/mol. The fourth-order valence-electron chi connectivity index (χ4n) is 2.54. The van der Waals surface area contributed by atoms with Gasteiger partial charge in [-0.2, -0.15) is 0 Å². The van der Waals surface area contributed by atoms with Crippen LogP contribution in [0.15, 0.2) is 48.1 Å². The molecule has 0 aliphatic carbocycles. The van der Waals surface area contributed by atoms with Gasteiger partial charge in [0.2, 0.25) is 0 Å². The SMILES string of the molecule is COc1cccc(C(=O)NC(C)c2nc(-c3cccnc3)cs2)c1OC. The van der Waals surface area contributed by atoms with Crippen LogP contribution in [-0.2, 0) is 0 Å². The molecule has 1 N–H and O–H groups in total. The third-order valence-corrected chi connectivity index (χ3v) is 4.87. The fourth-order valence-corrected chi connectivity index (χ4v) is 3.37. The Morgan fingerprint density at radius 3 is 2.73 bits per heavy atom. The van der Waals surface area contributed by atoms with Gasteiger partial charge in [-0.3, -0.25) is 9.78 Å². The Morgan fingerprint density at radius 1 is 1.19 bits per heavy atom. The van der Waals surface area contributed by atoms with Crippen molar-refractivity contribution in [2.24, 2.45) is 0 Å². The number of amides is 1. The van der Waals surface area contributed by atoms with Crippen molar-refractivity contribution in [3.8, 4) is 22.8 Å². The highest BCUT2D eigenvalue weighted by Crippen LogP contribution is 2.31. The second-order valence-electron chi connectivity index (χ2n) is 5.55. The predicted octanol–water partition coefficient (Wildman–Crippen LogP) is 3.71. The molecular weight excluding hydrogens is 350 g/mol. The normalized spacial score (nSPS) is 11.7. The first kappa shape index (κ1) is 17.9. The van der Waals surface area contributed by atoms with Gasteiger partial charge in [-0.05, 0) is 31.2 Å². The number of nitrogens with zero attached hydrogens (tertiary/aromatic N) is 2. The molecule has 7 heteroatoms. The maximum absolute atomic E-state index is 12.7. The number of thiazole rings is 1. The Hall–Kier alpha value is -2.93. The monoisotopic (exact) mass is 369 g/mol. The summed E-state index contributed by atoms with van der Waals surface area (Å²) in [6, 6.07) is 8.79. The zero-order valence-corrected chi connectivity index (χ0v) is 15.5. The van der Waals surface area contributed by atoms with Crippen LogP contribution in [-0.4, -0.2) is 30.1 Å². The van der Waals surface area contributed by atoms with E-state index >= 15 is 0 Å². The quantitative estimate of drug-likeness (QED) is 0.717. The lowest BCUT2D eigenvalue weighted by atomic mass is 10.1. The zero-order valence-electron chi connectivity index (χ0n) is 14.7. The number of pyridine rings is 1. The molecule has 3 rings (SSSR count). The highest BCUT2D eigenvalue weighted by molar-refractivity contribution is 7.10. The van der Waals surface area contributed by atoms with Gasteiger partial charge in [-0.25, -0.2) is 4.98 Å². The topological polar surface area (TPSA) is 73.3 Å². The maximum atomic E-state index is 12.7. The lowest BCUT2D eigenvalue weighted by Gasteiger charge is -2.15. The van der Waals surface area contributed by atoms with Crippen molar-refractivity contribution in [3.63, 3.8) is 0 Å². The van der Waals surface area contributed by atoms with Crippen molar-refractivity contribution in [2.75, 3.05) is 14.2 Å². The third-order valence-electron chi connectivity index (χ3n) is 3.84. The van der Waals surface area contributed by atoms with Gasteiger partial charge in [0.1, 0.15) is 5.01 Å². The number of benzene rings is 1. The fraction of sp³-hybridized carbons (Fsp3) is 0.211. The number of rotatable bonds is 6. The number of para-hydroxylation sites is 1. The first-order valence-corrected chi connectivity index (χ1v) is 8.89. The Labute approximate surface area is 155 Å². The molecule has 0 spiro atoms. The van der Waals surface area contributed by atoms with E-state index in [1.54, 1.807) is 30.6 Å². The Morgan fingerprint density at radius 2 is 2.04 bits per heavy atom. The molecular formula is C19H19N3O3S. The summed E-state index contributed by atoms with van der Waals surface area (Å²) in [6.07, 6.45) is 3.49. The average Bonchev–Trinajstić information content (AvgIpc) is 3.18. The number of ether oxygens (including phenoxy) is 2. The van der Waals surface area contributed by atoms with Crippen molar-refractivity contribution in [1.82, 2.24) is 15.3 Å². The van der Waals surface area contributed by atoms with Gasteiger partial charge < -0.3 is 14.8 Å². The summed E-state index contributed by atoms with van der Waals surface area (Å²) in [5.41, 5.74) is 2.21. The molecule has 134 valence electrons. The molecule has 0 saturated carbocycles. The number of nitrogens with one attached hydrogen (secondary N) is 1. The van der Waals surface area contributed by atoms with Crippen LogP contribution in [0.4, 0.5) is 0 Å². The van der Waals surface area contributed by atoms with Gasteiger partial charge in [0.05, 0.1) is 31.5 Å². The van der Waals surface area contributed by atoms with E-state index in [4.69, 9.17) is 9.47 Å². The van der Waals surface area contributed by atoms with Crippen LogP contribution in [0.25, 0.3) is 11.3 Å². The largest absolute Gasteiger partial charge is 0.493 e. The van der Waals surface area contributed by atoms with E-state index in [9.17, 15) is 4.79 Å². The van der Waals surface area contributed by atoms with E-state index in [0.717, 1.165) is 16.3 Å². The van der Waals surface area contributed by atoms with Crippen LogP contribution >= 0.6 is 11.3 Å².